The summed E-state index contributed by atoms with van der Waals surface area (Å²) in [4.78, 5) is 22.8. The minimum Gasteiger partial charge on any atom is -0.457 e. The largest absolute Gasteiger partial charge is 0.457 e. The molecule has 1 atom stereocenters. The number of ether oxygens (including phenoxy) is 1. The fourth-order valence-corrected chi connectivity index (χ4v) is 2.04. The van der Waals surface area contributed by atoms with Gasteiger partial charge in [0.2, 0.25) is 5.91 Å². The molecule has 0 spiro atoms. The minimum atomic E-state index is -0.367. The maximum absolute atomic E-state index is 12.1. The number of para-hydroxylation sites is 1. The van der Waals surface area contributed by atoms with Crippen LogP contribution in [0.3, 0.4) is 0 Å². The molecule has 23 heavy (non-hydrogen) atoms. The van der Waals surface area contributed by atoms with E-state index in [0.29, 0.717) is 17.7 Å². The van der Waals surface area contributed by atoms with Gasteiger partial charge in [0.25, 0.3) is 5.91 Å². The zero-order valence-electron chi connectivity index (χ0n) is 13.0. The van der Waals surface area contributed by atoms with Gasteiger partial charge >= 0.3 is 0 Å². The van der Waals surface area contributed by atoms with E-state index in [2.05, 4.69) is 5.32 Å². The molecular formula is C18H20N2O3. The molecule has 2 aromatic rings. The molecule has 2 amide bonds. The van der Waals surface area contributed by atoms with Crippen LogP contribution in [-0.4, -0.2) is 17.9 Å². The van der Waals surface area contributed by atoms with Crippen LogP contribution in [0.4, 0.5) is 0 Å². The van der Waals surface area contributed by atoms with Crippen LogP contribution in [0, 0.1) is 0 Å². The molecule has 0 saturated heterocycles. The molecule has 0 heterocycles. The van der Waals surface area contributed by atoms with Gasteiger partial charge in [-0.05, 0) is 49.7 Å². The SMILES string of the molecule is C[C@@H](CCC(N)=O)NC(=O)c1ccc(Oc2ccccc2)cc1. The Bertz CT molecular complexity index is 654. The van der Waals surface area contributed by atoms with Crippen LogP contribution in [0.1, 0.15) is 30.1 Å². The quantitative estimate of drug-likeness (QED) is 0.825. The van der Waals surface area contributed by atoms with Crippen molar-refractivity contribution in [1.29, 1.82) is 0 Å². The van der Waals surface area contributed by atoms with Crippen molar-refractivity contribution in [2.75, 3.05) is 0 Å². The van der Waals surface area contributed by atoms with Gasteiger partial charge in [0.05, 0.1) is 0 Å². The van der Waals surface area contributed by atoms with Gasteiger partial charge in [0.15, 0.2) is 0 Å². The van der Waals surface area contributed by atoms with E-state index in [1.807, 2.05) is 37.3 Å². The second-order valence-electron chi connectivity index (χ2n) is 5.32. The summed E-state index contributed by atoms with van der Waals surface area (Å²) in [5.74, 6) is 0.848. The molecule has 0 aliphatic rings. The number of hydrogen-bond acceptors (Lipinski definition) is 3. The second-order valence-corrected chi connectivity index (χ2v) is 5.32. The first-order valence-electron chi connectivity index (χ1n) is 7.47. The molecule has 5 heteroatoms. The number of carbonyl (C=O) groups is 2. The summed E-state index contributed by atoms with van der Waals surface area (Å²) in [7, 11) is 0. The van der Waals surface area contributed by atoms with Gasteiger partial charge < -0.3 is 15.8 Å². The first kappa shape index (κ1) is 16.5. The lowest BCUT2D eigenvalue weighted by Crippen LogP contribution is -2.33. The maximum Gasteiger partial charge on any atom is 0.251 e. The Morgan fingerprint density at radius 2 is 1.65 bits per heavy atom. The highest BCUT2D eigenvalue weighted by Crippen LogP contribution is 2.21. The van der Waals surface area contributed by atoms with E-state index < -0.39 is 0 Å². The molecule has 120 valence electrons. The first-order valence-corrected chi connectivity index (χ1v) is 7.47. The smallest absolute Gasteiger partial charge is 0.251 e. The minimum absolute atomic E-state index is 0.116. The van der Waals surface area contributed by atoms with Gasteiger partial charge in [-0.1, -0.05) is 18.2 Å². The standard InChI is InChI=1S/C18H20N2O3/c1-13(7-12-17(19)21)20-18(22)14-8-10-16(11-9-14)23-15-5-3-2-4-6-15/h2-6,8-11,13H,7,12H2,1H3,(H2,19,21)(H,20,22)/t13-/m0/s1. The van der Waals surface area contributed by atoms with Crippen molar-refractivity contribution in [3.05, 3.63) is 60.2 Å². The van der Waals surface area contributed by atoms with Crippen LogP contribution in [0.2, 0.25) is 0 Å². The number of rotatable bonds is 7. The fourth-order valence-electron chi connectivity index (χ4n) is 2.04. The van der Waals surface area contributed by atoms with Crippen LogP contribution < -0.4 is 15.8 Å². The van der Waals surface area contributed by atoms with Gasteiger partial charge in [-0.25, -0.2) is 0 Å². The van der Waals surface area contributed by atoms with E-state index in [-0.39, 0.29) is 24.3 Å². The number of primary amides is 1. The number of nitrogens with one attached hydrogen (secondary N) is 1. The molecule has 0 saturated carbocycles. The van der Waals surface area contributed by atoms with Crippen molar-refractivity contribution in [1.82, 2.24) is 5.32 Å². The summed E-state index contributed by atoms with van der Waals surface area (Å²) in [6, 6.07) is 16.2. The maximum atomic E-state index is 12.1. The molecule has 3 N–H and O–H groups in total. The van der Waals surface area contributed by atoms with Crippen molar-refractivity contribution in [2.24, 2.45) is 5.73 Å². The number of carbonyl (C=O) groups excluding carboxylic acids is 2. The lowest BCUT2D eigenvalue weighted by atomic mass is 10.1. The molecule has 0 radical (unpaired) electrons. The van der Waals surface area contributed by atoms with E-state index in [9.17, 15) is 9.59 Å². The van der Waals surface area contributed by atoms with Crippen molar-refractivity contribution in [3.63, 3.8) is 0 Å². The summed E-state index contributed by atoms with van der Waals surface area (Å²) < 4.78 is 5.68. The van der Waals surface area contributed by atoms with Crippen molar-refractivity contribution in [2.45, 2.75) is 25.8 Å². The Labute approximate surface area is 135 Å². The monoisotopic (exact) mass is 312 g/mol. The topological polar surface area (TPSA) is 81.4 Å². The average Bonchev–Trinajstić information content (AvgIpc) is 2.54. The van der Waals surface area contributed by atoms with Gasteiger partial charge in [-0.3, -0.25) is 9.59 Å². The third kappa shape index (κ3) is 5.47. The molecule has 5 nitrogen and oxygen atoms in total. The molecular weight excluding hydrogens is 292 g/mol. The number of hydrogen-bond donors (Lipinski definition) is 2. The molecule has 0 bridgehead atoms. The number of nitrogens with two attached hydrogens (primary N) is 1. The summed E-state index contributed by atoms with van der Waals surface area (Å²) in [5.41, 5.74) is 5.64. The van der Waals surface area contributed by atoms with E-state index in [0.717, 1.165) is 5.75 Å². The summed E-state index contributed by atoms with van der Waals surface area (Å²) >= 11 is 0. The van der Waals surface area contributed by atoms with Gasteiger partial charge in [0, 0.05) is 18.0 Å². The van der Waals surface area contributed by atoms with E-state index >= 15 is 0 Å². The normalized spacial score (nSPS) is 11.5. The third-order valence-corrected chi connectivity index (χ3v) is 3.30. The van der Waals surface area contributed by atoms with Crippen LogP contribution in [0.5, 0.6) is 11.5 Å². The Morgan fingerprint density at radius 1 is 1.04 bits per heavy atom. The van der Waals surface area contributed by atoms with E-state index in [1.54, 1.807) is 24.3 Å². The average molecular weight is 312 g/mol. The van der Waals surface area contributed by atoms with Crippen LogP contribution in [0.25, 0.3) is 0 Å². The summed E-state index contributed by atoms with van der Waals surface area (Å²) in [5, 5.41) is 2.83. The van der Waals surface area contributed by atoms with Crippen LogP contribution in [-0.2, 0) is 4.79 Å². The van der Waals surface area contributed by atoms with Crippen molar-refractivity contribution < 1.29 is 14.3 Å². The predicted molar refractivity (Wildman–Crippen MR) is 88.3 cm³/mol. The molecule has 0 unspecified atom stereocenters. The fraction of sp³-hybridized carbons (Fsp3) is 0.222. The van der Waals surface area contributed by atoms with Crippen molar-refractivity contribution in [3.8, 4) is 11.5 Å². The molecule has 0 aromatic heterocycles. The Morgan fingerprint density at radius 3 is 2.26 bits per heavy atom. The number of amides is 2. The summed E-state index contributed by atoms with van der Waals surface area (Å²) in [6.45, 7) is 1.84. The predicted octanol–water partition coefficient (Wildman–Crippen LogP) is 2.86. The third-order valence-electron chi connectivity index (χ3n) is 3.30. The highest BCUT2D eigenvalue weighted by Gasteiger charge is 2.10. The van der Waals surface area contributed by atoms with Gasteiger partial charge in [-0.15, -0.1) is 0 Å². The molecule has 2 aromatic carbocycles. The molecule has 2 rings (SSSR count). The van der Waals surface area contributed by atoms with E-state index in [1.165, 1.54) is 0 Å². The van der Waals surface area contributed by atoms with Gasteiger partial charge in [0.1, 0.15) is 11.5 Å². The molecule has 0 fully saturated rings. The molecule has 0 aliphatic heterocycles. The van der Waals surface area contributed by atoms with Crippen LogP contribution >= 0.6 is 0 Å². The second kappa shape index (κ2) is 7.98. The lowest BCUT2D eigenvalue weighted by molar-refractivity contribution is -0.118. The highest BCUT2D eigenvalue weighted by atomic mass is 16.5. The summed E-state index contributed by atoms with van der Waals surface area (Å²) in [6.07, 6.45) is 0.779. The lowest BCUT2D eigenvalue weighted by Gasteiger charge is -2.13. The first-order chi connectivity index (χ1) is 11.0. The zero-order valence-corrected chi connectivity index (χ0v) is 13.0. The Balaban J connectivity index is 1.91. The Kier molecular flexibility index (Phi) is 5.74. The van der Waals surface area contributed by atoms with Crippen LogP contribution in [0.15, 0.2) is 54.6 Å². The Hall–Kier alpha value is -2.82. The highest BCUT2D eigenvalue weighted by molar-refractivity contribution is 5.94. The molecule has 0 aliphatic carbocycles. The van der Waals surface area contributed by atoms with Gasteiger partial charge in [-0.2, -0.15) is 0 Å². The zero-order chi connectivity index (χ0) is 16.7. The number of benzene rings is 2. The van der Waals surface area contributed by atoms with E-state index in [4.69, 9.17) is 10.5 Å². The van der Waals surface area contributed by atoms with Crippen molar-refractivity contribution >= 4 is 11.8 Å².